The van der Waals surface area contributed by atoms with Crippen molar-refractivity contribution in [1.29, 1.82) is 0 Å². The number of aliphatic imine (C=N–C) groups is 1. The summed E-state index contributed by atoms with van der Waals surface area (Å²) < 4.78 is 0. The highest BCUT2D eigenvalue weighted by Gasteiger charge is 2.20. The van der Waals surface area contributed by atoms with Gasteiger partial charge in [-0.05, 0) is 31.9 Å². The number of nitrogens with one attached hydrogen (secondary N) is 2. The summed E-state index contributed by atoms with van der Waals surface area (Å²) in [4.78, 5) is 4.53. The van der Waals surface area contributed by atoms with Gasteiger partial charge in [0.25, 0.3) is 0 Å². The van der Waals surface area contributed by atoms with E-state index in [4.69, 9.17) is 0 Å². The summed E-state index contributed by atoms with van der Waals surface area (Å²) in [6.07, 6.45) is 4.86. The van der Waals surface area contributed by atoms with Gasteiger partial charge in [-0.15, -0.1) is 0 Å². The Morgan fingerprint density at radius 3 is 2.79 bits per heavy atom. The number of thioether (sulfide) groups is 1. The molecule has 3 nitrogen and oxygen atoms in total. The number of hydrogen-bond acceptors (Lipinski definition) is 2. The maximum Gasteiger partial charge on any atom is 0.191 e. The number of hydrogen-bond donors (Lipinski definition) is 2. The molecule has 14 heavy (non-hydrogen) atoms. The van der Waals surface area contributed by atoms with Crippen molar-refractivity contribution < 1.29 is 0 Å². The summed E-state index contributed by atoms with van der Waals surface area (Å²) in [5.74, 6) is 2.98. The second-order valence-electron chi connectivity index (χ2n) is 3.58. The van der Waals surface area contributed by atoms with Crippen LogP contribution in [0.1, 0.15) is 19.8 Å². The van der Waals surface area contributed by atoms with Gasteiger partial charge in [-0.3, -0.25) is 4.99 Å². The van der Waals surface area contributed by atoms with Crippen molar-refractivity contribution in [2.24, 2.45) is 10.9 Å². The highest BCUT2D eigenvalue weighted by atomic mass is 32.2. The Hall–Kier alpha value is -0.380. The fourth-order valence-corrected chi connectivity index (χ4v) is 1.44. The van der Waals surface area contributed by atoms with Crippen molar-refractivity contribution in [3.63, 3.8) is 0 Å². The van der Waals surface area contributed by atoms with Crippen LogP contribution in [-0.4, -0.2) is 37.6 Å². The summed E-state index contributed by atoms with van der Waals surface area (Å²) in [7, 11) is 0. The average Bonchev–Trinajstić information content (AvgIpc) is 2.98. The zero-order chi connectivity index (χ0) is 10.2. The lowest BCUT2D eigenvalue weighted by atomic mass is 10.4. The predicted molar refractivity (Wildman–Crippen MR) is 65.1 cm³/mol. The smallest absolute Gasteiger partial charge is 0.191 e. The van der Waals surface area contributed by atoms with Gasteiger partial charge in [0, 0.05) is 25.4 Å². The molecule has 0 radical (unpaired) electrons. The van der Waals surface area contributed by atoms with Crippen molar-refractivity contribution in [3.8, 4) is 0 Å². The Morgan fingerprint density at radius 2 is 2.21 bits per heavy atom. The Kier molecular flexibility index (Phi) is 5.83. The fourth-order valence-electron chi connectivity index (χ4n) is 1.13. The van der Waals surface area contributed by atoms with E-state index in [1.54, 1.807) is 0 Å². The van der Waals surface area contributed by atoms with E-state index in [-0.39, 0.29) is 0 Å². The molecule has 0 saturated heterocycles. The Morgan fingerprint density at radius 1 is 1.43 bits per heavy atom. The van der Waals surface area contributed by atoms with Gasteiger partial charge < -0.3 is 10.6 Å². The van der Waals surface area contributed by atoms with Crippen LogP contribution in [-0.2, 0) is 0 Å². The molecule has 0 aromatic carbocycles. The molecular formula is C10H21N3S. The zero-order valence-corrected chi connectivity index (χ0v) is 9.99. The Balaban J connectivity index is 2.17. The molecule has 0 atom stereocenters. The molecule has 0 aromatic rings. The molecule has 0 heterocycles. The molecule has 1 rings (SSSR count). The van der Waals surface area contributed by atoms with E-state index in [1.807, 2.05) is 11.8 Å². The molecule has 0 unspecified atom stereocenters. The highest BCUT2D eigenvalue weighted by molar-refractivity contribution is 7.98. The van der Waals surface area contributed by atoms with E-state index in [1.165, 1.54) is 12.8 Å². The van der Waals surface area contributed by atoms with Crippen LogP contribution in [0, 0.1) is 5.92 Å². The molecule has 2 N–H and O–H groups in total. The normalized spacial score (nSPS) is 16.9. The minimum atomic E-state index is 0.867. The second-order valence-corrected chi connectivity index (χ2v) is 4.57. The predicted octanol–water partition coefficient (Wildman–Crippen LogP) is 1.31. The van der Waals surface area contributed by atoms with Gasteiger partial charge >= 0.3 is 0 Å². The van der Waals surface area contributed by atoms with Crippen molar-refractivity contribution >= 4 is 17.7 Å². The third-order valence-electron chi connectivity index (χ3n) is 2.15. The van der Waals surface area contributed by atoms with Crippen LogP contribution in [0.2, 0.25) is 0 Å². The molecule has 0 aromatic heterocycles. The van der Waals surface area contributed by atoms with E-state index in [2.05, 4.69) is 28.8 Å². The van der Waals surface area contributed by atoms with Crippen LogP contribution in [0.15, 0.2) is 4.99 Å². The summed E-state index contributed by atoms with van der Waals surface area (Å²) >= 11 is 1.85. The molecule has 1 aliphatic carbocycles. The van der Waals surface area contributed by atoms with Crippen LogP contribution < -0.4 is 10.6 Å². The van der Waals surface area contributed by atoms with Gasteiger partial charge in [0.2, 0.25) is 0 Å². The third kappa shape index (κ3) is 5.37. The van der Waals surface area contributed by atoms with Gasteiger partial charge in [-0.2, -0.15) is 11.8 Å². The molecule has 4 heteroatoms. The van der Waals surface area contributed by atoms with Crippen LogP contribution >= 0.6 is 11.8 Å². The number of guanidine groups is 1. The summed E-state index contributed by atoms with van der Waals surface area (Å²) in [6, 6.07) is 0. The maximum absolute atomic E-state index is 4.53. The van der Waals surface area contributed by atoms with E-state index in [0.717, 1.165) is 37.3 Å². The quantitative estimate of drug-likeness (QED) is 0.398. The molecule has 0 spiro atoms. The molecule has 0 aliphatic heterocycles. The molecule has 1 fully saturated rings. The average molecular weight is 215 g/mol. The van der Waals surface area contributed by atoms with Gasteiger partial charge in [0.05, 0.1) is 0 Å². The Labute approximate surface area is 91.1 Å². The third-order valence-corrected chi connectivity index (χ3v) is 2.76. The fraction of sp³-hybridized carbons (Fsp3) is 0.900. The van der Waals surface area contributed by atoms with Gasteiger partial charge in [0.1, 0.15) is 0 Å². The number of rotatable bonds is 6. The SMILES string of the molecule is CCNC(=NCC1CC1)NCCSC. The first-order chi connectivity index (χ1) is 6.86. The first-order valence-electron chi connectivity index (χ1n) is 5.38. The zero-order valence-electron chi connectivity index (χ0n) is 9.18. The van der Waals surface area contributed by atoms with Gasteiger partial charge in [-0.1, -0.05) is 0 Å². The van der Waals surface area contributed by atoms with Crippen molar-refractivity contribution in [1.82, 2.24) is 10.6 Å². The van der Waals surface area contributed by atoms with Crippen molar-refractivity contribution in [2.75, 3.05) is 31.6 Å². The molecule has 0 amide bonds. The van der Waals surface area contributed by atoms with Crippen molar-refractivity contribution in [3.05, 3.63) is 0 Å². The van der Waals surface area contributed by atoms with Gasteiger partial charge in [0.15, 0.2) is 5.96 Å². The maximum atomic E-state index is 4.53. The van der Waals surface area contributed by atoms with E-state index in [0.29, 0.717) is 0 Å². The summed E-state index contributed by atoms with van der Waals surface area (Å²) in [5, 5.41) is 6.58. The van der Waals surface area contributed by atoms with E-state index in [9.17, 15) is 0 Å². The largest absolute Gasteiger partial charge is 0.357 e. The first-order valence-corrected chi connectivity index (χ1v) is 6.77. The molecule has 1 saturated carbocycles. The lowest BCUT2D eigenvalue weighted by Gasteiger charge is -2.10. The topological polar surface area (TPSA) is 36.4 Å². The summed E-state index contributed by atoms with van der Waals surface area (Å²) in [6.45, 7) is 5.03. The van der Waals surface area contributed by atoms with Crippen LogP contribution in [0.3, 0.4) is 0 Å². The van der Waals surface area contributed by atoms with E-state index >= 15 is 0 Å². The standard InChI is InChI=1S/C10H21N3S/c1-3-11-10(12-6-7-14-2)13-8-9-4-5-9/h9H,3-8H2,1-2H3,(H2,11,12,13). The lowest BCUT2D eigenvalue weighted by Crippen LogP contribution is -2.38. The first kappa shape index (κ1) is 11.7. The monoisotopic (exact) mass is 215 g/mol. The minimum absolute atomic E-state index is 0.867. The minimum Gasteiger partial charge on any atom is -0.357 e. The van der Waals surface area contributed by atoms with Crippen molar-refractivity contribution in [2.45, 2.75) is 19.8 Å². The molecular weight excluding hydrogens is 194 g/mol. The molecule has 0 bridgehead atoms. The van der Waals surface area contributed by atoms with Crippen LogP contribution in [0.5, 0.6) is 0 Å². The lowest BCUT2D eigenvalue weighted by molar-refractivity contribution is 0.799. The van der Waals surface area contributed by atoms with Crippen LogP contribution in [0.25, 0.3) is 0 Å². The molecule has 1 aliphatic rings. The summed E-state index contributed by atoms with van der Waals surface area (Å²) in [5.41, 5.74) is 0. The van der Waals surface area contributed by atoms with Crippen LogP contribution in [0.4, 0.5) is 0 Å². The molecule has 82 valence electrons. The Bertz CT molecular complexity index is 178. The van der Waals surface area contributed by atoms with E-state index < -0.39 is 0 Å². The highest BCUT2D eigenvalue weighted by Crippen LogP contribution is 2.28. The second kappa shape index (κ2) is 6.98. The van der Waals surface area contributed by atoms with Gasteiger partial charge in [-0.25, -0.2) is 0 Å². The number of nitrogens with zero attached hydrogens (tertiary/aromatic N) is 1.